The molecule has 23 heavy (non-hydrogen) atoms. The van der Waals surface area contributed by atoms with Gasteiger partial charge in [0, 0.05) is 39.9 Å². The van der Waals surface area contributed by atoms with Gasteiger partial charge in [0.15, 0.2) is 0 Å². The highest BCUT2D eigenvalue weighted by atomic mass is 16.3. The zero-order valence-corrected chi connectivity index (χ0v) is 14.1. The summed E-state index contributed by atoms with van der Waals surface area (Å²) >= 11 is 0. The first-order valence-corrected chi connectivity index (χ1v) is 8.16. The van der Waals surface area contributed by atoms with Crippen LogP contribution in [0.25, 0.3) is 0 Å². The molecule has 1 atom stereocenters. The van der Waals surface area contributed by atoms with Gasteiger partial charge in [0.1, 0.15) is 5.82 Å². The topological polar surface area (TPSA) is 57.4 Å². The Hall–Kier alpha value is -1.92. The molecule has 0 unspecified atom stereocenters. The van der Waals surface area contributed by atoms with Gasteiger partial charge in [-0.05, 0) is 24.1 Å². The molecule has 0 spiro atoms. The van der Waals surface area contributed by atoms with Gasteiger partial charge >= 0.3 is 0 Å². The Bertz CT molecular complexity index is 650. The van der Waals surface area contributed by atoms with Gasteiger partial charge in [-0.25, -0.2) is 4.98 Å². The highest BCUT2D eigenvalue weighted by Crippen LogP contribution is 2.21. The summed E-state index contributed by atoms with van der Waals surface area (Å²) in [7, 11) is 3.99. The molecule has 6 heteroatoms. The quantitative estimate of drug-likeness (QED) is 0.912. The van der Waals surface area contributed by atoms with E-state index < -0.39 is 6.10 Å². The van der Waals surface area contributed by atoms with Crippen LogP contribution in [0.2, 0.25) is 0 Å². The largest absolute Gasteiger partial charge is 0.387 e. The molecule has 0 fully saturated rings. The van der Waals surface area contributed by atoms with Crippen molar-refractivity contribution in [1.29, 1.82) is 0 Å². The number of rotatable bonds is 5. The first-order chi connectivity index (χ1) is 11.1. The van der Waals surface area contributed by atoms with Crippen LogP contribution in [0.4, 0.5) is 5.82 Å². The van der Waals surface area contributed by atoms with Crippen LogP contribution in [0, 0.1) is 0 Å². The summed E-state index contributed by atoms with van der Waals surface area (Å²) < 4.78 is 2.03. The van der Waals surface area contributed by atoms with E-state index in [0.717, 1.165) is 37.7 Å². The summed E-state index contributed by atoms with van der Waals surface area (Å²) in [6.45, 7) is 5.55. The van der Waals surface area contributed by atoms with Gasteiger partial charge < -0.3 is 10.0 Å². The molecule has 1 aliphatic heterocycles. The van der Waals surface area contributed by atoms with Gasteiger partial charge in [0.05, 0.1) is 24.0 Å². The highest BCUT2D eigenvalue weighted by Gasteiger charge is 2.20. The van der Waals surface area contributed by atoms with Gasteiger partial charge in [-0.15, -0.1) is 0 Å². The van der Waals surface area contributed by atoms with Crippen molar-refractivity contribution in [3.05, 3.63) is 41.3 Å². The molecule has 1 aliphatic rings. The number of anilines is 1. The smallest absolute Gasteiger partial charge is 0.127 e. The second-order valence-corrected chi connectivity index (χ2v) is 6.34. The molecule has 0 aromatic carbocycles. The molecule has 2 aromatic rings. The van der Waals surface area contributed by atoms with Crippen molar-refractivity contribution in [2.24, 2.45) is 0 Å². The first kappa shape index (κ1) is 16.0. The van der Waals surface area contributed by atoms with E-state index in [4.69, 9.17) is 0 Å². The maximum atomic E-state index is 9.95. The minimum atomic E-state index is -0.454. The maximum Gasteiger partial charge on any atom is 0.127 e. The zero-order valence-electron chi connectivity index (χ0n) is 14.1. The summed E-state index contributed by atoms with van der Waals surface area (Å²) in [5.74, 6) is 0.976. The minimum absolute atomic E-state index is 0.454. The highest BCUT2D eigenvalue weighted by molar-refractivity contribution is 5.37. The number of hydrogen-bond donors (Lipinski definition) is 1. The number of pyridine rings is 1. The Morgan fingerprint density at radius 1 is 1.30 bits per heavy atom. The molecule has 3 rings (SSSR count). The Morgan fingerprint density at radius 2 is 2.13 bits per heavy atom. The van der Waals surface area contributed by atoms with Crippen molar-refractivity contribution in [3.8, 4) is 0 Å². The molecule has 0 saturated carbocycles. The van der Waals surface area contributed by atoms with Crippen molar-refractivity contribution in [2.75, 3.05) is 25.5 Å². The van der Waals surface area contributed by atoms with Crippen LogP contribution in [0.5, 0.6) is 0 Å². The number of fused-ring (bicyclic) bond motifs is 1. The lowest BCUT2D eigenvalue weighted by molar-refractivity contribution is 0.166. The molecule has 3 heterocycles. The van der Waals surface area contributed by atoms with Crippen molar-refractivity contribution in [1.82, 2.24) is 19.7 Å². The van der Waals surface area contributed by atoms with Crippen LogP contribution < -0.4 is 4.90 Å². The summed E-state index contributed by atoms with van der Waals surface area (Å²) in [6.07, 6.45) is 2.20. The van der Waals surface area contributed by atoms with Crippen LogP contribution in [0.15, 0.2) is 24.4 Å². The molecule has 0 amide bonds. The molecule has 2 aromatic heterocycles. The Labute approximate surface area is 137 Å². The fourth-order valence-corrected chi connectivity index (χ4v) is 2.88. The van der Waals surface area contributed by atoms with Crippen molar-refractivity contribution < 1.29 is 5.11 Å². The van der Waals surface area contributed by atoms with Crippen LogP contribution in [-0.2, 0) is 19.6 Å². The molecular weight excluding hydrogens is 290 g/mol. The lowest BCUT2D eigenvalue weighted by Gasteiger charge is -2.27. The van der Waals surface area contributed by atoms with Gasteiger partial charge in [-0.1, -0.05) is 13.0 Å². The first-order valence-electron chi connectivity index (χ1n) is 8.16. The van der Waals surface area contributed by atoms with E-state index in [-0.39, 0.29) is 0 Å². The zero-order chi connectivity index (χ0) is 16.4. The van der Waals surface area contributed by atoms with E-state index in [2.05, 4.69) is 27.1 Å². The fourth-order valence-electron chi connectivity index (χ4n) is 2.88. The minimum Gasteiger partial charge on any atom is -0.387 e. The van der Waals surface area contributed by atoms with E-state index in [0.29, 0.717) is 6.42 Å². The Balaban J connectivity index is 1.66. The SMILES string of the molecule is CC[C@@H](O)c1cc2n(n1)CCN(Cc1ccc(N(C)C)nc1)C2. The molecule has 6 nitrogen and oxygen atoms in total. The monoisotopic (exact) mass is 315 g/mol. The third-order valence-electron chi connectivity index (χ3n) is 4.30. The molecule has 1 N–H and O–H groups in total. The van der Waals surface area contributed by atoms with Crippen molar-refractivity contribution in [2.45, 2.75) is 39.1 Å². The van der Waals surface area contributed by atoms with E-state index in [9.17, 15) is 5.11 Å². The summed E-state index contributed by atoms with van der Waals surface area (Å²) in [6, 6.07) is 6.23. The third kappa shape index (κ3) is 3.54. The Kier molecular flexibility index (Phi) is 4.63. The van der Waals surface area contributed by atoms with Crippen LogP contribution in [0.1, 0.15) is 36.4 Å². The summed E-state index contributed by atoms with van der Waals surface area (Å²) in [4.78, 5) is 8.87. The molecule has 0 saturated heterocycles. The van der Waals surface area contributed by atoms with E-state index >= 15 is 0 Å². The average molecular weight is 315 g/mol. The van der Waals surface area contributed by atoms with E-state index in [1.54, 1.807) is 0 Å². The van der Waals surface area contributed by atoms with E-state index in [1.165, 1.54) is 11.3 Å². The maximum absolute atomic E-state index is 9.95. The number of aromatic nitrogens is 3. The number of aliphatic hydroxyl groups excluding tert-OH is 1. The number of aliphatic hydroxyl groups is 1. The summed E-state index contributed by atoms with van der Waals surface area (Å²) in [5, 5.41) is 14.5. The molecule has 0 aliphatic carbocycles. The standard InChI is InChI=1S/C17H25N5O/c1-4-16(23)15-9-14-12-21(7-8-22(14)19-15)11-13-5-6-17(18-10-13)20(2)3/h5-6,9-10,16,23H,4,7-8,11-12H2,1-3H3/t16-/m1/s1. The Morgan fingerprint density at radius 3 is 2.78 bits per heavy atom. The predicted molar refractivity (Wildman–Crippen MR) is 90.2 cm³/mol. The van der Waals surface area contributed by atoms with Crippen molar-refractivity contribution >= 4 is 5.82 Å². The van der Waals surface area contributed by atoms with Crippen LogP contribution in [0.3, 0.4) is 0 Å². The average Bonchev–Trinajstić information content (AvgIpc) is 2.98. The van der Waals surface area contributed by atoms with E-state index in [1.807, 2.05) is 42.9 Å². The molecule has 124 valence electrons. The van der Waals surface area contributed by atoms with Gasteiger partial charge in [-0.2, -0.15) is 5.10 Å². The third-order valence-corrected chi connectivity index (χ3v) is 4.30. The fraction of sp³-hybridized carbons (Fsp3) is 0.529. The summed E-state index contributed by atoms with van der Waals surface area (Å²) in [5.41, 5.74) is 3.19. The second-order valence-electron chi connectivity index (χ2n) is 6.34. The normalized spacial score (nSPS) is 16.2. The predicted octanol–water partition coefficient (Wildman–Crippen LogP) is 1.80. The van der Waals surface area contributed by atoms with Gasteiger partial charge in [0.2, 0.25) is 0 Å². The van der Waals surface area contributed by atoms with Crippen molar-refractivity contribution in [3.63, 3.8) is 0 Å². The molecular formula is C17H25N5O. The van der Waals surface area contributed by atoms with Crippen LogP contribution >= 0.6 is 0 Å². The number of nitrogens with zero attached hydrogens (tertiary/aromatic N) is 5. The molecule has 0 bridgehead atoms. The van der Waals surface area contributed by atoms with Crippen LogP contribution in [-0.4, -0.2) is 45.4 Å². The van der Waals surface area contributed by atoms with Gasteiger partial charge in [0.25, 0.3) is 0 Å². The lowest BCUT2D eigenvalue weighted by atomic mass is 10.2. The lowest BCUT2D eigenvalue weighted by Crippen LogP contribution is -2.33. The molecule has 0 radical (unpaired) electrons. The second kappa shape index (κ2) is 6.68. The number of hydrogen-bond acceptors (Lipinski definition) is 5. The van der Waals surface area contributed by atoms with Gasteiger partial charge in [-0.3, -0.25) is 9.58 Å².